The SMILES string of the molecule is COc1ccc(-n2c(-c3cccc(Cl)c3)c(-c3ccc([N+](=O)[O-])cc3)c3cc(OC)ccc32)cc1. The monoisotopic (exact) mass is 484 g/mol. The molecule has 0 bridgehead atoms. The maximum absolute atomic E-state index is 11.3. The summed E-state index contributed by atoms with van der Waals surface area (Å²) in [7, 11) is 3.27. The third-order valence-electron chi connectivity index (χ3n) is 5.97. The summed E-state index contributed by atoms with van der Waals surface area (Å²) in [5.41, 5.74) is 5.52. The molecule has 0 aliphatic carbocycles. The van der Waals surface area contributed by atoms with E-state index in [2.05, 4.69) is 4.57 Å². The first-order valence-corrected chi connectivity index (χ1v) is 11.3. The van der Waals surface area contributed by atoms with Gasteiger partial charge in [0.25, 0.3) is 5.69 Å². The number of methoxy groups -OCH3 is 2. The van der Waals surface area contributed by atoms with E-state index in [-0.39, 0.29) is 5.69 Å². The highest BCUT2D eigenvalue weighted by atomic mass is 35.5. The van der Waals surface area contributed by atoms with Gasteiger partial charge in [-0.1, -0.05) is 23.7 Å². The Labute approximate surface area is 207 Å². The minimum absolute atomic E-state index is 0.0366. The van der Waals surface area contributed by atoms with E-state index in [0.29, 0.717) is 10.8 Å². The third-order valence-corrected chi connectivity index (χ3v) is 6.20. The van der Waals surface area contributed by atoms with Crippen molar-refractivity contribution in [3.63, 3.8) is 0 Å². The van der Waals surface area contributed by atoms with Crippen molar-refractivity contribution in [1.82, 2.24) is 4.57 Å². The number of hydrogen-bond acceptors (Lipinski definition) is 4. The van der Waals surface area contributed by atoms with Gasteiger partial charge in [0.1, 0.15) is 11.5 Å². The van der Waals surface area contributed by atoms with Crippen LogP contribution in [0.2, 0.25) is 5.02 Å². The molecule has 174 valence electrons. The van der Waals surface area contributed by atoms with Gasteiger partial charge in [-0.2, -0.15) is 0 Å². The number of ether oxygens (including phenoxy) is 2. The Kier molecular flexibility index (Phi) is 5.89. The van der Waals surface area contributed by atoms with E-state index in [4.69, 9.17) is 21.1 Å². The van der Waals surface area contributed by atoms with Crippen molar-refractivity contribution in [2.45, 2.75) is 0 Å². The van der Waals surface area contributed by atoms with Crippen LogP contribution < -0.4 is 9.47 Å². The maximum atomic E-state index is 11.3. The van der Waals surface area contributed by atoms with E-state index < -0.39 is 4.92 Å². The van der Waals surface area contributed by atoms with Crippen molar-refractivity contribution in [2.75, 3.05) is 14.2 Å². The predicted molar refractivity (Wildman–Crippen MR) is 139 cm³/mol. The highest BCUT2D eigenvalue weighted by molar-refractivity contribution is 6.31. The quantitative estimate of drug-likeness (QED) is 0.184. The minimum Gasteiger partial charge on any atom is -0.497 e. The topological polar surface area (TPSA) is 66.5 Å². The largest absolute Gasteiger partial charge is 0.497 e. The van der Waals surface area contributed by atoms with Gasteiger partial charge in [-0.15, -0.1) is 0 Å². The molecule has 0 spiro atoms. The van der Waals surface area contributed by atoms with E-state index in [1.54, 1.807) is 26.4 Å². The molecule has 35 heavy (non-hydrogen) atoms. The number of nitrogens with zero attached hydrogens (tertiary/aromatic N) is 2. The first kappa shape index (κ1) is 22.5. The number of non-ortho nitro benzene ring substituents is 1. The summed E-state index contributed by atoms with van der Waals surface area (Å²) >= 11 is 6.41. The van der Waals surface area contributed by atoms with Crippen LogP contribution in [0.5, 0.6) is 11.5 Å². The van der Waals surface area contributed by atoms with Gasteiger partial charge in [-0.05, 0) is 72.3 Å². The second-order valence-electron chi connectivity index (χ2n) is 7.95. The molecule has 0 fully saturated rings. The van der Waals surface area contributed by atoms with Crippen molar-refractivity contribution in [3.8, 4) is 39.6 Å². The molecule has 0 N–H and O–H groups in total. The molecular formula is C28H21ClN2O4. The molecule has 0 aliphatic rings. The lowest BCUT2D eigenvalue weighted by atomic mass is 9.98. The molecule has 0 unspecified atom stereocenters. The number of aromatic nitrogens is 1. The van der Waals surface area contributed by atoms with Gasteiger partial charge in [0.05, 0.1) is 30.4 Å². The van der Waals surface area contributed by atoms with E-state index in [0.717, 1.165) is 44.7 Å². The Morgan fingerprint density at radius 2 is 1.49 bits per heavy atom. The molecule has 0 aliphatic heterocycles. The van der Waals surface area contributed by atoms with Crippen molar-refractivity contribution in [3.05, 3.63) is 106 Å². The molecule has 5 aromatic rings. The van der Waals surface area contributed by atoms with Gasteiger partial charge >= 0.3 is 0 Å². The molecule has 4 aromatic carbocycles. The zero-order valence-corrected chi connectivity index (χ0v) is 19.8. The summed E-state index contributed by atoms with van der Waals surface area (Å²) in [5.74, 6) is 1.47. The Bertz CT molecular complexity index is 1540. The van der Waals surface area contributed by atoms with Crippen molar-refractivity contribution in [1.29, 1.82) is 0 Å². The van der Waals surface area contributed by atoms with E-state index in [1.165, 1.54) is 12.1 Å². The average Bonchev–Trinajstić information content (AvgIpc) is 3.23. The molecule has 7 heteroatoms. The standard InChI is InChI=1S/C28H21ClN2O4/c1-34-23-12-10-21(11-13-23)30-26-15-14-24(35-2)17-25(26)27(18-6-8-22(9-7-18)31(32)33)28(30)19-4-3-5-20(29)16-19/h3-17H,1-2H3. The lowest BCUT2D eigenvalue weighted by Crippen LogP contribution is -1.98. The fourth-order valence-corrected chi connectivity index (χ4v) is 4.54. The van der Waals surface area contributed by atoms with Crippen LogP contribution in [0.1, 0.15) is 0 Å². The van der Waals surface area contributed by atoms with Gasteiger partial charge in [0.2, 0.25) is 0 Å². The zero-order chi connectivity index (χ0) is 24.5. The van der Waals surface area contributed by atoms with Crippen molar-refractivity contribution < 1.29 is 14.4 Å². The van der Waals surface area contributed by atoms with E-state index in [1.807, 2.05) is 66.7 Å². The average molecular weight is 485 g/mol. The van der Waals surface area contributed by atoms with Gasteiger partial charge in [0, 0.05) is 39.4 Å². The number of nitro groups is 1. The van der Waals surface area contributed by atoms with Gasteiger partial charge in [-0.3, -0.25) is 10.1 Å². The van der Waals surface area contributed by atoms with Crippen LogP contribution in [-0.2, 0) is 0 Å². The summed E-state index contributed by atoms with van der Waals surface area (Å²) in [4.78, 5) is 10.9. The first-order chi connectivity index (χ1) is 17.0. The molecule has 0 atom stereocenters. The lowest BCUT2D eigenvalue weighted by molar-refractivity contribution is -0.384. The number of hydrogen-bond donors (Lipinski definition) is 0. The van der Waals surface area contributed by atoms with Crippen LogP contribution in [0.4, 0.5) is 5.69 Å². The molecular weight excluding hydrogens is 464 g/mol. The van der Waals surface area contributed by atoms with E-state index >= 15 is 0 Å². The first-order valence-electron chi connectivity index (χ1n) is 10.9. The Morgan fingerprint density at radius 3 is 2.11 bits per heavy atom. The molecule has 1 heterocycles. The molecule has 0 saturated heterocycles. The van der Waals surface area contributed by atoms with Crippen molar-refractivity contribution in [2.24, 2.45) is 0 Å². The summed E-state index contributed by atoms with van der Waals surface area (Å²) < 4.78 is 13.1. The van der Waals surface area contributed by atoms with Gasteiger partial charge in [0.15, 0.2) is 0 Å². The van der Waals surface area contributed by atoms with Crippen LogP contribution in [-0.4, -0.2) is 23.7 Å². The second-order valence-corrected chi connectivity index (χ2v) is 8.39. The highest BCUT2D eigenvalue weighted by Gasteiger charge is 2.22. The summed E-state index contributed by atoms with van der Waals surface area (Å²) in [5, 5.41) is 12.8. The fraction of sp³-hybridized carbons (Fsp3) is 0.0714. The fourth-order valence-electron chi connectivity index (χ4n) is 4.35. The summed E-state index contributed by atoms with van der Waals surface area (Å²) in [6, 6.07) is 28.0. The van der Waals surface area contributed by atoms with Crippen molar-refractivity contribution >= 4 is 28.2 Å². The predicted octanol–water partition coefficient (Wildman–Crippen LogP) is 7.54. The van der Waals surface area contributed by atoms with Crippen LogP contribution in [0.3, 0.4) is 0 Å². The minimum atomic E-state index is -0.397. The Hall–Kier alpha value is -4.29. The zero-order valence-electron chi connectivity index (χ0n) is 19.1. The van der Waals surface area contributed by atoms with Crippen LogP contribution in [0.25, 0.3) is 39.0 Å². The van der Waals surface area contributed by atoms with E-state index in [9.17, 15) is 10.1 Å². The number of halogens is 1. The van der Waals surface area contributed by atoms with Crippen LogP contribution in [0.15, 0.2) is 91.0 Å². The highest BCUT2D eigenvalue weighted by Crippen LogP contribution is 2.44. The molecule has 5 rings (SSSR count). The molecule has 6 nitrogen and oxygen atoms in total. The normalized spacial score (nSPS) is 10.9. The smallest absolute Gasteiger partial charge is 0.269 e. The number of fused-ring (bicyclic) bond motifs is 1. The Morgan fingerprint density at radius 1 is 0.800 bits per heavy atom. The molecule has 1 aromatic heterocycles. The van der Waals surface area contributed by atoms with Gasteiger partial charge in [-0.25, -0.2) is 0 Å². The van der Waals surface area contributed by atoms with Crippen LogP contribution >= 0.6 is 11.6 Å². The lowest BCUT2D eigenvalue weighted by Gasteiger charge is -2.14. The third kappa shape index (κ3) is 4.09. The molecule has 0 radical (unpaired) electrons. The second kappa shape index (κ2) is 9.16. The van der Waals surface area contributed by atoms with Crippen LogP contribution in [0, 0.1) is 10.1 Å². The summed E-state index contributed by atoms with van der Waals surface area (Å²) in [6.07, 6.45) is 0. The molecule has 0 amide bonds. The number of nitro benzene ring substituents is 1. The number of benzene rings is 4. The number of rotatable bonds is 6. The summed E-state index contributed by atoms with van der Waals surface area (Å²) in [6.45, 7) is 0. The Balaban J connectivity index is 1.90. The molecule has 0 saturated carbocycles. The van der Waals surface area contributed by atoms with Gasteiger partial charge < -0.3 is 14.0 Å². The maximum Gasteiger partial charge on any atom is 0.269 e.